The second-order valence-electron chi connectivity index (χ2n) is 7.59. The van der Waals surface area contributed by atoms with Crippen LogP contribution in [-0.2, 0) is 0 Å². The minimum Gasteiger partial charge on any atom is -0.478 e. The van der Waals surface area contributed by atoms with Crippen molar-refractivity contribution in [3.63, 3.8) is 0 Å². The van der Waals surface area contributed by atoms with Gasteiger partial charge in [-0.2, -0.15) is 0 Å². The average molecular weight is 372 g/mol. The van der Waals surface area contributed by atoms with E-state index in [-0.39, 0.29) is 5.92 Å². The van der Waals surface area contributed by atoms with E-state index in [0.29, 0.717) is 16.7 Å². The molecule has 1 saturated carbocycles. The second kappa shape index (κ2) is 8.64. The molecule has 1 N–H and O–H groups in total. The predicted molar refractivity (Wildman–Crippen MR) is 103 cm³/mol. The molecule has 1 aliphatic rings. The molecule has 0 unspecified atom stereocenters. The van der Waals surface area contributed by atoms with Crippen molar-refractivity contribution in [3.8, 4) is 11.1 Å². The molecule has 2 nitrogen and oxygen atoms in total. The number of rotatable bonds is 6. The number of aromatic carboxylic acids is 1. The van der Waals surface area contributed by atoms with Crippen molar-refractivity contribution in [2.24, 2.45) is 5.92 Å². The molecule has 3 rings (SSSR count). The monoisotopic (exact) mass is 372 g/mol. The Kier molecular flexibility index (Phi) is 6.25. The quantitative estimate of drug-likeness (QED) is 0.606. The zero-order valence-corrected chi connectivity index (χ0v) is 15.7. The van der Waals surface area contributed by atoms with Crippen LogP contribution in [0.15, 0.2) is 36.4 Å². The van der Waals surface area contributed by atoms with Crippen LogP contribution in [0.3, 0.4) is 0 Å². The van der Waals surface area contributed by atoms with Crippen LogP contribution in [0.1, 0.15) is 73.7 Å². The fourth-order valence-electron chi connectivity index (χ4n) is 4.24. The molecule has 4 heteroatoms. The lowest BCUT2D eigenvalue weighted by atomic mass is 9.75. The van der Waals surface area contributed by atoms with Crippen molar-refractivity contribution in [3.05, 3.63) is 59.2 Å². The summed E-state index contributed by atoms with van der Waals surface area (Å²) in [5.41, 5.74) is 1.96. The number of hydrogen-bond acceptors (Lipinski definition) is 1. The molecule has 0 saturated heterocycles. The number of carboxylic acid groups (broad SMARTS) is 1. The summed E-state index contributed by atoms with van der Waals surface area (Å²) < 4.78 is 27.4. The predicted octanol–water partition coefficient (Wildman–Crippen LogP) is 6.79. The first-order valence-electron chi connectivity index (χ1n) is 9.82. The molecule has 0 aliphatic heterocycles. The van der Waals surface area contributed by atoms with Crippen LogP contribution in [0, 0.1) is 17.6 Å². The standard InChI is InChI=1S/C23H26F2O2/c1-2-3-4-15-5-7-16(8-6-15)21-13-17(9-11-20(21)23(26)27)19-12-10-18(24)14-22(19)25/h9-16H,2-8H2,1H3,(H,26,27)/t15-,16-. The maximum Gasteiger partial charge on any atom is 0.335 e. The number of carbonyl (C=O) groups is 1. The second-order valence-corrected chi connectivity index (χ2v) is 7.59. The van der Waals surface area contributed by atoms with E-state index in [9.17, 15) is 18.7 Å². The summed E-state index contributed by atoms with van der Waals surface area (Å²) in [7, 11) is 0. The van der Waals surface area contributed by atoms with Gasteiger partial charge in [-0.3, -0.25) is 0 Å². The van der Waals surface area contributed by atoms with Crippen LogP contribution < -0.4 is 0 Å². The molecular formula is C23H26F2O2. The molecule has 144 valence electrons. The topological polar surface area (TPSA) is 37.3 Å². The van der Waals surface area contributed by atoms with Crippen LogP contribution in [-0.4, -0.2) is 11.1 Å². The van der Waals surface area contributed by atoms with E-state index in [4.69, 9.17) is 0 Å². The molecule has 0 bridgehead atoms. The third-order valence-corrected chi connectivity index (χ3v) is 5.78. The van der Waals surface area contributed by atoms with Crippen LogP contribution in [0.4, 0.5) is 8.78 Å². The molecule has 0 amide bonds. The summed E-state index contributed by atoms with van der Waals surface area (Å²) in [5, 5.41) is 9.59. The van der Waals surface area contributed by atoms with E-state index in [1.54, 1.807) is 18.2 Å². The molecule has 0 heterocycles. The van der Waals surface area contributed by atoms with Gasteiger partial charge in [-0.05, 0) is 72.9 Å². The number of carboxylic acids is 1. The number of halogens is 2. The Balaban J connectivity index is 1.88. The lowest BCUT2D eigenvalue weighted by Crippen LogP contribution is -2.16. The van der Waals surface area contributed by atoms with Crippen LogP contribution in [0.5, 0.6) is 0 Å². The van der Waals surface area contributed by atoms with Gasteiger partial charge in [0.15, 0.2) is 0 Å². The van der Waals surface area contributed by atoms with E-state index < -0.39 is 17.6 Å². The Morgan fingerprint density at radius 3 is 2.44 bits per heavy atom. The summed E-state index contributed by atoms with van der Waals surface area (Å²) in [6.07, 6.45) is 7.84. The Morgan fingerprint density at radius 1 is 1.07 bits per heavy atom. The first-order valence-corrected chi connectivity index (χ1v) is 9.82. The Hall–Kier alpha value is -2.23. The molecule has 0 atom stereocenters. The lowest BCUT2D eigenvalue weighted by molar-refractivity contribution is 0.0694. The van der Waals surface area contributed by atoms with Gasteiger partial charge in [0, 0.05) is 11.6 Å². The zero-order valence-electron chi connectivity index (χ0n) is 15.7. The lowest BCUT2D eigenvalue weighted by Gasteiger charge is -2.30. The molecule has 0 radical (unpaired) electrons. The van der Waals surface area contributed by atoms with Gasteiger partial charge < -0.3 is 5.11 Å². The highest BCUT2D eigenvalue weighted by molar-refractivity contribution is 5.90. The van der Waals surface area contributed by atoms with Gasteiger partial charge in [0.05, 0.1) is 5.56 Å². The van der Waals surface area contributed by atoms with Crippen LogP contribution >= 0.6 is 0 Å². The third-order valence-electron chi connectivity index (χ3n) is 5.78. The Bertz CT molecular complexity index is 808. The molecule has 1 aliphatic carbocycles. The van der Waals surface area contributed by atoms with Gasteiger partial charge in [-0.25, -0.2) is 13.6 Å². The maximum atomic E-state index is 14.2. The molecule has 0 aromatic heterocycles. The Morgan fingerprint density at radius 2 is 1.81 bits per heavy atom. The molecule has 27 heavy (non-hydrogen) atoms. The highest BCUT2D eigenvalue weighted by Gasteiger charge is 2.26. The highest BCUT2D eigenvalue weighted by Crippen LogP contribution is 2.40. The number of unbranched alkanes of at least 4 members (excludes halogenated alkanes) is 1. The Labute approximate surface area is 159 Å². The van der Waals surface area contributed by atoms with E-state index in [0.717, 1.165) is 43.2 Å². The van der Waals surface area contributed by atoms with Crippen molar-refractivity contribution in [1.82, 2.24) is 0 Å². The first kappa shape index (κ1) is 19.5. The minimum atomic E-state index is -0.954. The van der Waals surface area contributed by atoms with Crippen molar-refractivity contribution in [1.29, 1.82) is 0 Å². The molecule has 1 fully saturated rings. The summed E-state index contributed by atoms with van der Waals surface area (Å²) in [5.74, 6) is -1.30. The summed E-state index contributed by atoms with van der Waals surface area (Å²) in [6, 6.07) is 8.44. The number of benzene rings is 2. The van der Waals surface area contributed by atoms with Gasteiger partial charge in [0.2, 0.25) is 0 Å². The molecule has 2 aromatic carbocycles. The summed E-state index contributed by atoms with van der Waals surface area (Å²) in [4.78, 5) is 11.7. The number of hydrogen-bond donors (Lipinski definition) is 1. The molecule has 2 aromatic rings. The largest absolute Gasteiger partial charge is 0.478 e. The van der Waals surface area contributed by atoms with Crippen molar-refractivity contribution >= 4 is 5.97 Å². The van der Waals surface area contributed by atoms with Crippen LogP contribution in [0.25, 0.3) is 11.1 Å². The van der Waals surface area contributed by atoms with Crippen molar-refractivity contribution in [2.45, 2.75) is 57.8 Å². The van der Waals surface area contributed by atoms with E-state index in [1.165, 1.54) is 31.4 Å². The van der Waals surface area contributed by atoms with Crippen molar-refractivity contribution in [2.75, 3.05) is 0 Å². The van der Waals surface area contributed by atoms with E-state index in [2.05, 4.69) is 6.92 Å². The van der Waals surface area contributed by atoms with Crippen molar-refractivity contribution < 1.29 is 18.7 Å². The molecule has 0 spiro atoms. The first-order chi connectivity index (χ1) is 13.0. The van der Waals surface area contributed by atoms with E-state index in [1.807, 2.05) is 0 Å². The zero-order chi connectivity index (χ0) is 19.4. The van der Waals surface area contributed by atoms with E-state index >= 15 is 0 Å². The maximum absolute atomic E-state index is 14.2. The van der Waals surface area contributed by atoms with Gasteiger partial charge >= 0.3 is 5.97 Å². The normalized spacial score (nSPS) is 19.8. The van der Waals surface area contributed by atoms with Crippen LogP contribution in [0.2, 0.25) is 0 Å². The highest BCUT2D eigenvalue weighted by atomic mass is 19.1. The van der Waals surface area contributed by atoms with Gasteiger partial charge in [0.1, 0.15) is 11.6 Å². The summed E-state index contributed by atoms with van der Waals surface area (Å²) in [6.45, 7) is 2.20. The van der Waals surface area contributed by atoms with Gasteiger partial charge in [-0.1, -0.05) is 32.3 Å². The fourth-order valence-corrected chi connectivity index (χ4v) is 4.24. The minimum absolute atomic E-state index is 0.178. The van der Waals surface area contributed by atoms with Gasteiger partial charge in [0.25, 0.3) is 0 Å². The van der Waals surface area contributed by atoms with Gasteiger partial charge in [-0.15, -0.1) is 0 Å². The summed E-state index contributed by atoms with van der Waals surface area (Å²) >= 11 is 0. The SMILES string of the molecule is CCCC[C@H]1CC[C@H](c2cc(-c3ccc(F)cc3F)ccc2C(=O)O)CC1. The smallest absolute Gasteiger partial charge is 0.335 e. The fraction of sp³-hybridized carbons (Fsp3) is 0.435. The third kappa shape index (κ3) is 4.55. The average Bonchev–Trinajstić information content (AvgIpc) is 2.66. The molecular weight excluding hydrogens is 346 g/mol.